The Bertz CT molecular complexity index is 1210. The number of carbonyl (C=O) groups excluding carboxylic acids is 1. The van der Waals surface area contributed by atoms with Crippen molar-refractivity contribution in [2.75, 3.05) is 19.7 Å². The topological polar surface area (TPSA) is 113 Å². The van der Waals surface area contributed by atoms with Gasteiger partial charge in [-0.25, -0.2) is 8.42 Å². The zero-order valence-electron chi connectivity index (χ0n) is 19.1. The Kier molecular flexibility index (Phi) is 9.83. The molecule has 0 aliphatic carbocycles. The molecular formula is C26H28ClNO6S. The van der Waals surface area contributed by atoms with Crippen molar-refractivity contribution in [2.45, 2.75) is 35.2 Å². The molecule has 7 nitrogen and oxygen atoms in total. The summed E-state index contributed by atoms with van der Waals surface area (Å²) in [4.78, 5) is 11.9. The number of sulfone groups is 1. The molecule has 0 saturated heterocycles. The van der Waals surface area contributed by atoms with Gasteiger partial charge < -0.3 is 20.3 Å². The second-order valence-electron chi connectivity index (χ2n) is 7.94. The van der Waals surface area contributed by atoms with Crippen LogP contribution in [-0.2, 0) is 21.1 Å². The SMILES string of the molecule is O=C(CCCO)Oc1ccc(S(=O)(=O)c2ccc(CCNCC(O)c3cccc(Cl)c3)cc2)cc1. The zero-order chi connectivity index (χ0) is 25.3. The Balaban J connectivity index is 1.52. The van der Waals surface area contributed by atoms with Crippen LogP contribution in [-0.4, -0.2) is 44.3 Å². The highest BCUT2D eigenvalue weighted by atomic mass is 35.5. The Morgan fingerprint density at radius 3 is 2.29 bits per heavy atom. The van der Waals surface area contributed by atoms with Gasteiger partial charge in [0.1, 0.15) is 5.75 Å². The Hall–Kier alpha value is -2.75. The van der Waals surface area contributed by atoms with E-state index in [0.717, 1.165) is 11.1 Å². The largest absolute Gasteiger partial charge is 0.427 e. The van der Waals surface area contributed by atoms with Crippen LogP contribution in [0.3, 0.4) is 0 Å². The summed E-state index contributed by atoms with van der Waals surface area (Å²) in [6, 6.07) is 19.4. The van der Waals surface area contributed by atoms with E-state index in [1.807, 2.05) is 6.07 Å². The average molecular weight is 518 g/mol. The minimum absolute atomic E-state index is 0.0842. The van der Waals surface area contributed by atoms with Gasteiger partial charge in [-0.2, -0.15) is 0 Å². The monoisotopic (exact) mass is 517 g/mol. The van der Waals surface area contributed by atoms with E-state index in [-0.39, 0.29) is 28.6 Å². The molecule has 186 valence electrons. The van der Waals surface area contributed by atoms with Gasteiger partial charge in [-0.15, -0.1) is 0 Å². The summed E-state index contributed by atoms with van der Waals surface area (Å²) in [7, 11) is -3.72. The Morgan fingerprint density at radius 1 is 1.00 bits per heavy atom. The number of nitrogens with one attached hydrogen (secondary N) is 1. The highest BCUT2D eigenvalue weighted by molar-refractivity contribution is 7.91. The molecule has 35 heavy (non-hydrogen) atoms. The van der Waals surface area contributed by atoms with Crippen molar-refractivity contribution in [1.29, 1.82) is 0 Å². The molecule has 0 aromatic heterocycles. The standard InChI is InChI=1S/C26H28ClNO6S/c27-21-4-1-3-20(17-21)25(30)18-28-15-14-19-6-10-23(11-7-19)35(32,33)24-12-8-22(9-13-24)34-26(31)5-2-16-29/h1,3-4,6-13,17,25,28-30H,2,5,14-16,18H2. The van der Waals surface area contributed by atoms with Crippen molar-refractivity contribution < 1.29 is 28.2 Å². The van der Waals surface area contributed by atoms with Crippen molar-refractivity contribution in [3.05, 3.63) is 88.9 Å². The fourth-order valence-electron chi connectivity index (χ4n) is 3.37. The number of benzene rings is 3. The number of hydrogen-bond donors (Lipinski definition) is 3. The fourth-order valence-corrected chi connectivity index (χ4v) is 4.83. The van der Waals surface area contributed by atoms with Crippen molar-refractivity contribution in [2.24, 2.45) is 0 Å². The highest BCUT2D eigenvalue weighted by Gasteiger charge is 2.18. The third kappa shape index (κ3) is 7.88. The second kappa shape index (κ2) is 12.8. The van der Waals surface area contributed by atoms with Gasteiger partial charge in [-0.05, 0) is 79.0 Å². The van der Waals surface area contributed by atoms with Crippen molar-refractivity contribution in [1.82, 2.24) is 5.32 Å². The minimum atomic E-state index is -3.72. The molecule has 3 N–H and O–H groups in total. The molecule has 0 saturated carbocycles. The van der Waals surface area contributed by atoms with E-state index < -0.39 is 21.9 Å². The van der Waals surface area contributed by atoms with Crippen LogP contribution in [0.1, 0.15) is 30.1 Å². The maximum atomic E-state index is 12.9. The maximum Gasteiger partial charge on any atom is 0.311 e. The molecule has 1 unspecified atom stereocenters. The third-order valence-corrected chi connectivity index (χ3v) is 7.32. The molecule has 0 radical (unpaired) electrons. The lowest BCUT2D eigenvalue weighted by Gasteiger charge is -2.13. The Labute approximate surface area is 210 Å². The van der Waals surface area contributed by atoms with Gasteiger partial charge in [0.15, 0.2) is 0 Å². The van der Waals surface area contributed by atoms with Gasteiger partial charge in [0.05, 0.1) is 15.9 Å². The van der Waals surface area contributed by atoms with Crippen LogP contribution in [0.5, 0.6) is 5.75 Å². The van der Waals surface area contributed by atoms with Gasteiger partial charge in [-0.3, -0.25) is 4.79 Å². The van der Waals surface area contributed by atoms with Gasteiger partial charge in [-0.1, -0.05) is 35.9 Å². The quantitative estimate of drug-likeness (QED) is 0.191. The fraction of sp³-hybridized carbons (Fsp3) is 0.269. The summed E-state index contributed by atoms with van der Waals surface area (Å²) >= 11 is 5.96. The van der Waals surface area contributed by atoms with Crippen LogP contribution in [0.25, 0.3) is 0 Å². The van der Waals surface area contributed by atoms with E-state index in [2.05, 4.69) is 5.32 Å². The summed E-state index contributed by atoms with van der Waals surface area (Å²) < 4.78 is 31.0. The molecule has 0 bridgehead atoms. The van der Waals surface area contributed by atoms with Crippen LogP contribution in [0, 0.1) is 0 Å². The maximum absolute atomic E-state index is 12.9. The molecule has 0 spiro atoms. The molecule has 1 atom stereocenters. The molecule has 3 rings (SSSR count). The van der Waals surface area contributed by atoms with Crippen LogP contribution in [0.2, 0.25) is 5.02 Å². The van der Waals surface area contributed by atoms with Gasteiger partial charge in [0, 0.05) is 24.6 Å². The van der Waals surface area contributed by atoms with Crippen LogP contribution < -0.4 is 10.1 Å². The lowest BCUT2D eigenvalue weighted by Crippen LogP contribution is -2.23. The van der Waals surface area contributed by atoms with Crippen molar-refractivity contribution >= 4 is 27.4 Å². The van der Waals surface area contributed by atoms with Gasteiger partial charge >= 0.3 is 5.97 Å². The number of halogens is 1. The van der Waals surface area contributed by atoms with Crippen LogP contribution in [0.4, 0.5) is 0 Å². The van der Waals surface area contributed by atoms with E-state index in [1.54, 1.807) is 42.5 Å². The highest BCUT2D eigenvalue weighted by Crippen LogP contribution is 2.24. The molecule has 3 aromatic rings. The zero-order valence-corrected chi connectivity index (χ0v) is 20.6. The van der Waals surface area contributed by atoms with Crippen LogP contribution in [0.15, 0.2) is 82.6 Å². The van der Waals surface area contributed by atoms with Crippen LogP contribution >= 0.6 is 11.6 Å². The Morgan fingerprint density at radius 2 is 1.66 bits per heavy atom. The predicted octanol–water partition coefficient (Wildman–Crippen LogP) is 3.72. The second-order valence-corrected chi connectivity index (χ2v) is 10.3. The molecule has 0 aliphatic rings. The molecule has 0 amide bonds. The normalized spacial score (nSPS) is 12.3. The van der Waals surface area contributed by atoms with Gasteiger partial charge in [0.25, 0.3) is 0 Å². The van der Waals surface area contributed by atoms with Crippen molar-refractivity contribution in [3.63, 3.8) is 0 Å². The first-order valence-electron chi connectivity index (χ1n) is 11.2. The van der Waals surface area contributed by atoms with E-state index in [1.165, 1.54) is 24.3 Å². The molecule has 3 aromatic carbocycles. The first kappa shape index (κ1) is 26.8. The molecule has 9 heteroatoms. The van der Waals surface area contributed by atoms with Gasteiger partial charge in [0.2, 0.25) is 9.84 Å². The third-order valence-electron chi connectivity index (χ3n) is 5.30. The smallest absolute Gasteiger partial charge is 0.311 e. The predicted molar refractivity (Wildman–Crippen MR) is 133 cm³/mol. The summed E-state index contributed by atoms with van der Waals surface area (Å²) in [6.45, 7) is 0.885. The van der Waals surface area contributed by atoms with E-state index >= 15 is 0 Å². The summed E-state index contributed by atoms with van der Waals surface area (Å²) in [5, 5.41) is 22.8. The molecular weight excluding hydrogens is 490 g/mol. The first-order valence-corrected chi connectivity index (χ1v) is 13.1. The number of esters is 1. The lowest BCUT2D eigenvalue weighted by molar-refractivity contribution is -0.134. The summed E-state index contributed by atoms with van der Waals surface area (Å²) in [5.41, 5.74) is 1.70. The lowest BCUT2D eigenvalue weighted by atomic mass is 10.1. The van der Waals surface area contributed by atoms with E-state index in [0.29, 0.717) is 31.0 Å². The molecule has 0 aliphatic heterocycles. The number of ether oxygens (including phenoxy) is 1. The number of carbonyl (C=O) groups is 1. The number of aliphatic hydroxyl groups is 2. The molecule has 0 heterocycles. The summed E-state index contributed by atoms with van der Waals surface area (Å²) in [6.07, 6.45) is 0.388. The number of rotatable bonds is 12. The van der Waals surface area contributed by atoms with E-state index in [4.69, 9.17) is 21.4 Å². The van der Waals surface area contributed by atoms with E-state index in [9.17, 15) is 18.3 Å². The first-order chi connectivity index (χ1) is 16.8. The minimum Gasteiger partial charge on any atom is -0.427 e. The number of aliphatic hydroxyl groups excluding tert-OH is 2. The average Bonchev–Trinajstić information content (AvgIpc) is 2.86. The summed E-state index contributed by atoms with van der Waals surface area (Å²) in [5.74, 6) is -0.242. The van der Waals surface area contributed by atoms with Crippen molar-refractivity contribution in [3.8, 4) is 5.75 Å². The number of hydrogen-bond acceptors (Lipinski definition) is 7. The molecule has 0 fully saturated rings.